The van der Waals surface area contributed by atoms with Crippen molar-refractivity contribution in [3.8, 4) is 0 Å². The molecule has 0 fully saturated rings. The summed E-state index contributed by atoms with van der Waals surface area (Å²) < 4.78 is 0. The molecule has 0 bridgehead atoms. The van der Waals surface area contributed by atoms with Crippen LogP contribution in [-0.2, 0) is 0 Å². The lowest BCUT2D eigenvalue weighted by Gasteiger charge is -2.27. The SMILES string of the molecule is Cc1ccc(N(c2ccc(C)cc2)c2ccc(N(C)c3ccc4ccccc4c3)cc2)cc1.Cc1ccc(N(c2ccc(C)cc2)c2ccc(N(C)c3cccc4ccccc34)cc2)cc1.Cc1ccc(N(c2ccc(C)cc2)c2ccc(N(C)c3ccccc3)cc2)cc1. The third-order valence-corrected chi connectivity index (χ3v) is 17.6. The highest BCUT2D eigenvalue weighted by atomic mass is 15.2. The summed E-state index contributed by atoms with van der Waals surface area (Å²) in [7, 11) is 6.35. The quantitative estimate of drug-likeness (QED) is 0.101. The maximum absolute atomic E-state index is 2.31. The Morgan fingerprint density at radius 3 is 0.768 bits per heavy atom. The van der Waals surface area contributed by atoms with Crippen molar-refractivity contribution in [1.29, 1.82) is 0 Å². The number of rotatable bonds is 15. The third kappa shape index (κ3) is 15.2. The number of nitrogens with zero attached hydrogens (tertiary/aromatic N) is 6. The molecular formula is C89H82N6. The molecule has 14 rings (SSSR count). The first-order valence-corrected chi connectivity index (χ1v) is 32.6. The molecule has 0 saturated carbocycles. The lowest BCUT2D eigenvalue weighted by Crippen LogP contribution is -2.12. The van der Waals surface area contributed by atoms with Gasteiger partial charge in [0.05, 0.1) is 0 Å². The van der Waals surface area contributed by atoms with Crippen LogP contribution < -0.4 is 29.4 Å². The molecule has 0 spiro atoms. The van der Waals surface area contributed by atoms with E-state index in [0.717, 1.165) is 68.2 Å². The number of fused-ring (bicyclic) bond motifs is 2. The first-order valence-electron chi connectivity index (χ1n) is 32.6. The highest BCUT2D eigenvalue weighted by Crippen LogP contribution is 2.41. The van der Waals surface area contributed by atoms with E-state index in [-0.39, 0.29) is 0 Å². The van der Waals surface area contributed by atoms with Crippen molar-refractivity contribution >= 4 is 107 Å². The van der Waals surface area contributed by atoms with E-state index in [0.29, 0.717) is 0 Å². The third-order valence-electron chi connectivity index (χ3n) is 17.6. The normalized spacial score (nSPS) is 10.8. The van der Waals surface area contributed by atoms with Crippen LogP contribution in [0.3, 0.4) is 0 Å². The first-order chi connectivity index (χ1) is 46.3. The van der Waals surface area contributed by atoms with Gasteiger partial charge in [-0.15, -0.1) is 0 Å². The number of hydrogen-bond donors (Lipinski definition) is 0. The van der Waals surface area contributed by atoms with Gasteiger partial charge in [0.15, 0.2) is 0 Å². The number of para-hydroxylation sites is 1. The van der Waals surface area contributed by atoms with Gasteiger partial charge in [0, 0.05) is 112 Å². The van der Waals surface area contributed by atoms with Gasteiger partial charge in [-0.05, 0) is 234 Å². The summed E-state index contributed by atoms with van der Waals surface area (Å²) in [6.45, 7) is 12.7. The van der Waals surface area contributed by atoms with E-state index in [9.17, 15) is 0 Å². The van der Waals surface area contributed by atoms with Gasteiger partial charge >= 0.3 is 0 Å². The molecular weight excluding hydrogens is 1150 g/mol. The van der Waals surface area contributed by atoms with Gasteiger partial charge in [0.1, 0.15) is 0 Å². The van der Waals surface area contributed by atoms with Crippen LogP contribution in [0.4, 0.5) is 85.3 Å². The number of hydrogen-bond acceptors (Lipinski definition) is 6. The monoisotopic (exact) mass is 1230 g/mol. The standard InChI is InChI=1S/2C31H28N2.C27H26N2/c1-23-11-15-27(16-12-23)33(28-17-13-24(2)14-18-28)29-21-19-26(20-22-29)32(3)31-10-6-8-25-7-4-5-9-30(25)31;1-23-8-13-28(14-9-23)33(29-15-10-24(2)11-16-29)30-20-18-27(19-21-30)32(3)31-17-12-25-6-4-5-7-26(25)22-31;1-21-9-13-25(14-10-21)29(26-15-11-22(2)12-16-26)27-19-17-24(18-20-27)28(3)23-7-5-4-6-8-23/h2*4-22H,1-3H3;4-20H,1-3H3. The molecule has 0 unspecified atom stereocenters. The van der Waals surface area contributed by atoms with E-state index in [1.54, 1.807) is 0 Å². The predicted molar refractivity (Wildman–Crippen MR) is 410 cm³/mol. The Balaban J connectivity index is 0.000000137. The highest BCUT2D eigenvalue weighted by molar-refractivity contribution is 5.96. The summed E-state index contributed by atoms with van der Waals surface area (Å²) in [6, 6.07) is 119. The van der Waals surface area contributed by atoms with Crippen LogP contribution in [0.15, 0.2) is 334 Å². The van der Waals surface area contributed by atoms with Crippen LogP contribution >= 0.6 is 0 Å². The Morgan fingerprint density at radius 2 is 0.411 bits per heavy atom. The second kappa shape index (κ2) is 29.3. The first kappa shape index (κ1) is 63.5. The zero-order chi connectivity index (χ0) is 65.8. The molecule has 0 atom stereocenters. The van der Waals surface area contributed by atoms with Gasteiger partial charge in [-0.3, -0.25) is 0 Å². The molecule has 0 saturated heterocycles. The predicted octanol–water partition coefficient (Wildman–Crippen LogP) is 24.9. The highest BCUT2D eigenvalue weighted by Gasteiger charge is 2.18. The van der Waals surface area contributed by atoms with E-state index >= 15 is 0 Å². The van der Waals surface area contributed by atoms with Gasteiger partial charge in [-0.2, -0.15) is 0 Å². The maximum Gasteiger partial charge on any atom is 0.0487 e. The summed E-state index contributed by atoms with van der Waals surface area (Å²) in [4.78, 5) is 13.6. The minimum absolute atomic E-state index is 1.14. The lowest BCUT2D eigenvalue weighted by molar-refractivity contribution is 1.20. The average Bonchev–Trinajstić information content (AvgIpc) is 0.917. The molecule has 468 valence electrons. The topological polar surface area (TPSA) is 19.4 Å². The second-order valence-electron chi connectivity index (χ2n) is 24.6. The van der Waals surface area contributed by atoms with Gasteiger partial charge in [0.2, 0.25) is 0 Å². The molecule has 14 aromatic carbocycles. The van der Waals surface area contributed by atoms with Crippen LogP contribution in [0, 0.1) is 41.5 Å². The van der Waals surface area contributed by atoms with E-state index in [1.807, 2.05) is 6.07 Å². The van der Waals surface area contributed by atoms with Crippen LogP contribution in [-0.4, -0.2) is 21.1 Å². The van der Waals surface area contributed by atoms with Crippen molar-refractivity contribution in [3.63, 3.8) is 0 Å². The van der Waals surface area contributed by atoms with E-state index in [2.05, 4.69) is 420 Å². The molecule has 0 aliphatic rings. The zero-order valence-corrected chi connectivity index (χ0v) is 55.9. The van der Waals surface area contributed by atoms with Crippen molar-refractivity contribution in [2.75, 3.05) is 50.5 Å². The van der Waals surface area contributed by atoms with Gasteiger partial charge in [-0.1, -0.05) is 191 Å². The minimum Gasteiger partial charge on any atom is -0.345 e. The molecule has 6 heteroatoms. The Kier molecular flexibility index (Phi) is 19.6. The number of benzene rings is 14. The fraction of sp³-hybridized carbons (Fsp3) is 0.101. The van der Waals surface area contributed by atoms with Crippen LogP contribution in [0.5, 0.6) is 0 Å². The van der Waals surface area contributed by atoms with Crippen LogP contribution in [0.1, 0.15) is 33.4 Å². The fourth-order valence-electron chi connectivity index (χ4n) is 12.0. The van der Waals surface area contributed by atoms with Crippen LogP contribution in [0.2, 0.25) is 0 Å². The molecule has 0 aromatic heterocycles. The molecule has 0 amide bonds. The van der Waals surface area contributed by atoms with Crippen molar-refractivity contribution in [2.24, 2.45) is 0 Å². The van der Waals surface area contributed by atoms with Gasteiger partial charge < -0.3 is 29.4 Å². The van der Waals surface area contributed by atoms with Crippen molar-refractivity contribution < 1.29 is 0 Å². The summed E-state index contributed by atoms with van der Waals surface area (Å²) in [5, 5.41) is 5.02. The lowest BCUT2D eigenvalue weighted by atomic mass is 10.1. The van der Waals surface area contributed by atoms with E-state index < -0.39 is 0 Å². The molecule has 0 radical (unpaired) electrons. The van der Waals surface area contributed by atoms with Crippen molar-refractivity contribution in [1.82, 2.24) is 0 Å². The maximum atomic E-state index is 2.31. The molecule has 95 heavy (non-hydrogen) atoms. The molecule has 14 aromatic rings. The van der Waals surface area contributed by atoms with Gasteiger partial charge in [-0.25, -0.2) is 0 Å². The summed E-state index contributed by atoms with van der Waals surface area (Å²) in [6.07, 6.45) is 0. The smallest absolute Gasteiger partial charge is 0.0487 e. The summed E-state index contributed by atoms with van der Waals surface area (Å²) in [5.41, 5.74) is 24.9. The Bertz CT molecular complexity index is 4620. The Hall–Kier alpha value is -11.6. The number of anilines is 15. The molecule has 0 aliphatic heterocycles. The average molecular weight is 1240 g/mol. The minimum atomic E-state index is 1.14. The van der Waals surface area contributed by atoms with E-state index in [1.165, 1.54) is 72.0 Å². The molecule has 6 nitrogen and oxygen atoms in total. The molecule has 0 N–H and O–H groups in total. The second-order valence-corrected chi connectivity index (χ2v) is 24.6. The Labute approximate surface area is 562 Å². The molecule has 0 heterocycles. The number of aryl methyl sites for hydroxylation is 6. The zero-order valence-electron chi connectivity index (χ0n) is 55.9. The van der Waals surface area contributed by atoms with Gasteiger partial charge in [0.25, 0.3) is 0 Å². The Morgan fingerprint density at radius 1 is 0.168 bits per heavy atom. The molecule has 0 aliphatic carbocycles. The summed E-state index contributed by atoms with van der Waals surface area (Å²) >= 11 is 0. The van der Waals surface area contributed by atoms with Crippen molar-refractivity contribution in [3.05, 3.63) is 367 Å². The van der Waals surface area contributed by atoms with Crippen molar-refractivity contribution in [2.45, 2.75) is 41.5 Å². The van der Waals surface area contributed by atoms with Crippen LogP contribution in [0.25, 0.3) is 21.5 Å². The van der Waals surface area contributed by atoms with E-state index in [4.69, 9.17) is 0 Å². The summed E-state index contributed by atoms with van der Waals surface area (Å²) in [5.74, 6) is 0. The fourth-order valence-corrected chi connectivity index (χ4v) is 12.0. The largest absolute Gasteiger partial charge is 0.345 e.